The zero-order chi connectivity index (χ0) is 14.7. The number of likely N-dealkylation sites (tertiary alicyclic amines) is 1. The van der Waals surface area contributed by atoms with E-state index in [1.807, 2.05) is 13.8 Å². The summed E-state index contributed by atoms with van der Waals surface area (Å²) in [6.45, 7) is 6.94. The zero-order valence-electron chi connectivity index (χ0n) is 12.0. The maximum atomic E-state index is 12.3. The van der Waals surface area contributed by atoms with Gasteiger partial charge < -0.3 is 10.2 Å². The number of amides is 2. The summed E-state index contributed by atoms with van der Waals surface area (Å²) in [5.74, 6) is 0.102. The molecular formula is C13H20N4O2S. The summed E-state index contributed by atoms with van der Waals surface area (Å²) in [5.41, 5.74) is 0.680. The number of nitrogens with one attached hydrogen (secondary N) is 1. The van der Waals surface area contributed by atoms with Gasteiger partial charge >= 0.3 is 0 Å². The van der Waals surface area contributed by atoms with Crippen molar-refractivity contribution >= 4 is 23.3 Å². The lowest BCUT2D eigenvalue weighted by atomic mass is 9.95. The SMILES string of the molecule is Cc1nnsc1C(=O)N1CCC(C(=O)NC(C)C)CC1. The van der Waals surface area contributed by atoms with E-state index in [-0.39, 0.29) is 23.8 Å². The second kappa shape index (κ2) is 6.30. The van der Waals surface area contributed by atoms with Gasteiger partial charge in [0.15, 0.2) is 0 Å². The highest BCUT2D eigenvalue weighted by Crippen LogP contribution is 2.21. The topological polar surface area (TPSA) is 75.2 Å². The molecule has 1 fully saturated rings. The zero-order valence-corrected chi connectivity index (χ0v) is 12.9. The summed E-state index contributed by atoms with van der Waals surface area (Å²) >= 11 is 1.14. The van der Waals surface area contributed by atoms with Gasteiger partial charge in [0.25, 0.3) is 5.91 Å². The highest BCUT2D eigenvalue weighted by molar-refractivity contribution is 7.07. The lowest BCUT2D eigenvalue weighted by Gasteiger charge is -2.31. The number of aryl methyl sites for hydroxylation is 1. The molecule has 7 heteroatoms. The van der Waals surface area contributed by atoms with Crippen LogP contribution in [0.2, 0.25) is 0 Å². The highest BCUT2D eigenvalue weighted by Gasteiger charge is 2.29. The molecule has 0 bridgehead atoms. The molecule has 2 heterocycles. The van der Waals surface area contributed by atoms with Crippen molar-refractivity contribution in [3.8, 4) is 0 Å². The van der Waals surface area contributed by atoms with Gasteiger partial charge in [0.05, 0.1) is 5.69 Å². The number of piperidine rings is 1. The molecule has 1 saturated heterocycles. The van der Waals surface area contributed by atoms with Gasteiger partial charge in [-0.3, -0.25) is 9.59 Å². The van der Waals surface area contributed by atoms with Crippen molar-refractivity contribution in [3.63, 3.8) is 0 Å². The summed E-state index contributed by atoms with van der Waals surface area (Å²) in [4.78, 5) is 26.6. The molecule has 0 spiro atoms. The second-order valence-electron chi connectivity index (χ2n) is 5.42. The van der Waals surface area contributed by atoms with Crippen LogP contribution in [-0.4, -0.2) is 45.4 Å². The smallest absolute Gasteiger partial charge is 0.267 e. The fourth-order valence-electron chi connectivity index (χ4n) is 2.32. The van der Waals surface area contributed by atoms with Crippen LogP contribution in [-0.2, 0) is 4.79 Å². The average molecular weight is 296 g/mol. The van der Waals surface area contributed by atoms with Crippen LogP contribution in [0, 0.1) is 12.8 Å². The minimum Gasteiger partial charge on any atom is -0.354 e. The van der Waals surface area contributed by atoms with Gasteiger partial charge in [-0.2, -0.15) is 0 Å². The number of rotatable bonds is 3. The summed E-state index contributed by atoms with van der Waals surface area (Å²) in [6, 6.07) is 0.160. The number of hydrogen-bond donors (Lipinski definition) is 1. The Labute approximate surface area is 122 Å². The molecule has 0 aliphatic carbocycles. The first-order chi connectivity index (χ1) is 9.49. The fourth-order valence-corrected chi connectivity index (χ4v) is 2.94. The molecular weight excluding hydrogens is 276 g/mol. The number of carbonyl (C=O) groups excluding carboxylic acids is 2. The summed E-state index contributed by atoms with van der Waals surface area (Å²) in [6.07, 6.45) is 1.44. The molecule has 2 amide bonds. The molecule has 1 aliphatic rings. The van der Waals surface area contributed by atoms with Crippen LogP contribution >= 0.6 is 11.5 Å². The van der Waals surface area contributed by atoms with Crippen LogP contribution in [0.4, 0.5) is 0 Å². The standard InChI is InChI=1S/C13H20N4O2S/c1-8(2)14-12(18)10-4-6-17(7-5-10)13(19)11-9(3)15-16-20-11/h8,10H,4-7H2,1-3H3,(H,14,18). The average Bonchev–Trinajstić information content (AvgIpc) is 2.83. The fraction of sp³-hybridized carbons (Fsp3) is 0.692. The van der Waals surface area contributed by atoms with E-state index in [1.165, 1.54) is 0 Å². The Hall–Kier alpha value is -1.50. The molecule has 1 aromatic heterocycles. The van der Waals surface area contributed by atoms with Crippen LogP contribution < -0.4 is 5.32 Å². The maximum absolute atomic E-state index is 12.3. The van der Waals surface area contributed by atoms with Gasteiger partial charge in [0, 0.05) is 25.0 Å². The van der Waals surface area contributed by atoms with E-state index in [0.29, 0.717) is 23.7 Å². The van der Waals surface area contributed by atoms with Crippen LogP contribution in [0.1, 0.15) is 42.1 Å². The number of hydrogen-bond acceptors (Lipinski definition) is 5. The van der Waals surface area contributed by atoms with Gasteiger partial charge in [0.2, 0.25) is 5.91 Å². The molecule has 20 heavy (non-hydrogen) atoms. The van der Waals surface area contributed by atoms with Crippen molar-refractivity contribution in [2.24, 2.45) is 5.92 Å². The van der Waals surface area contributed by atoms with E-state index in [9.17, 15) is 9.59 Å². The van der Waals surface area contributed by atoms with Crippen molar-refractivity contribution in [2.75, 3.05) is 13.1 Å². The molecule has 0 aromatic carbocycles. The molecule has 0 saturated carbocycles. The first-order valence-corrected chi connectivity index (χ1v) is 7.65. The Morgan fingerprint density at radius 3 is 2.50 bits per heavy atom. The minimum atomic E-state index is -0.0137. The van der Waals surface area contributed by atoms with E-state index >= 15 is 0 Å². The van der Waals surface area contributed by atoms with Crippen molar-refractivity contribution in [1.29, 1.82) is 0 Å². The molecule has 1 aliphatic heterocycles. The molecule has 6 nitrogen and oxygen atoms in total. The van der Waals surface area contributed by atoms with E-state index in [4.69, 9.17) is 0 Å². The maximum Gasteiger partial charge on any atom is 0.267 e. The molecule has 0 atom stereocenters. The minimum absolute atomic E-state index is 0.0137. The molecule has 2 rings (SSSR count). The lowest BCUT2D eigenvalue weighted by Crippen LogP contribution is -2.44. The Balaban J connectivity index is 1.90. The highest BCUT2D eigenvalue weighted by atomic mass is 32.1. The molecule has 110 valence electrons. The second-order valence-corrected chi connectivity index (χ2v) is 6.17. The largest absolute Gasteiger partial charge is 0.354 e. The third kappa shape index (κ3) is 3.33. The van der Waals surface area contributed by atoms with Crippen molar-refractivity contribution in [1.82, 2.24) is 19.8 Å². The van der Waals surface area contributed by atoms with E-state index in [1.54, 1.807) is 11.8 Å². The van der Waals surface area contributed by atoms with Crippen LogP contribution in [0.25, 0.3) is 0 Å². The number of carbonyl (C=O) groups is 2. The van der Waals surface area contributed by atoms with Crippen LogP contribution in [0.15, 0.2) is 0 Å². The Morgan fingerprint density at radius 2 is 2.00 bits per heavy atom. The van der Waals surface area contributed by atoms with Crippen LogP contribution in [0.3, 0.4) is 0 Å². The van der Waals surface area contributed by atoms with Crippen molar-refractivity contribution in [2.45, 2.75) is 39.7 Å². The molecule has 1 N–H and O–H groups in total. The Morgan fingerprint density at radius 1 is 1.35 bits per heavy atom. The predicted molar refractivity (Wildman–Crippen MR) is 76.6 cm³/mol. The first-order valence-electron chi connectivity index (χ1n) is 6.87. The van der Waals surface area contributed by atoms with Crippen molar-refractivity contribution in [3.05, 3.63) is 10.6 Å². The summed E-state index contributed by atoms with van der Waals surface area (Å²) < 4.78 is 3.79. The van der Waals surface area contributed by atoms with Gasteiger partial charge in [-0.15, -0.1) is 5.10 Å². The molecule has 0 unspecified atom stereocenters. The Bertz CT molecular complexity index is 492. The van der Waals surface area contributed by atoms with E-state index < -0.39 is 0 Å². The van der Waals surface area contributed by atoms with E-state index in [2.05, 4.69) is 14.9 Å². The quantitative estimate of drug-likeness (QED) is 0.910. The first kappa shape index (κ1) is 14.9. The van der Waals surface area contributed by atoms with Gasteiger partial charge in [-0.05, 0) is 45.1 Å². The van der Waals surface area contributed by atoms with Gasteiger partial charge in [0.1, 0.15) is 4.88 Å². The number of nitrogens with zero attached hydrogens (tertiary/aromatic N) is 3. The lowest BCUT2D eigenvalue weighted by molar-refractivity contribution is -0.126. The van der Waals surface area contributed by atoms with E-state index in [0.717, 1.165) is 24.4 Å². The van der Waals surface area contributed by atoms with Gasteiger partial charge in [-0.1, -0.05) is 4.49 Å². The van der Waals surface area contributed by atoms with Crippen LogP contribution in [0.5, 0.6) is 0 Å². The summed E-state index contributed by atoms with van der Waals surface area (Å²) in [5, 5.41) is 6.80. The molecule has 0 radical (unpaired) electrons. The predicted octanol–water partition coefficient (Wildman–Crippen LogP) is 1.22. The van der Waals surface area contributed by atoms with Crippen molar-refractivity contribution < 1.29 is 9.59 Å². The monoisotopic (exact) mass is 296 g/mol. The third-order valence-corrected chi connectivity index (χ3v) is 4.25. The number of aromatic nitrogens is 2. The van der Waals surface area contributed by atoms with Gasteiger partial charge in [-0.25, -0.2) is 0 Å². The third-order valence-electron chi connectivity index (χ3n) is 3.43. The Kier molecular flexibility index (Phi) is 4.69. The normalized spacial score (nSPS) is 16.5. The molecule has 1 aromatic rings. The summed E-state index contributed by atoms with van der Waals surface area (Å²) in [7, 11) is 0.